The fourth-order valence-electron chi connectivity index (χ4n) is 4.77. The van der Waals surface area contributed by atoms with Crippen molar-refractivity contribution in [3.05, 3.63) is 82.5 Å². The van der Waals surface area contributed by atoms with Gasteiger partial charge in [-0.05, 0) is 43.3 Å². The molecule has 3 aromatic rings. The number of aromatic nitrogens is 1. The van der Waals surface area contributed by atoms with E-state index in [0.717, 1.165) is 43.4 Å². The maximum absolute atomic E-state index is 13.5. The van der Waals surface area contributed by atoms with Crippen molar-refractivity contribution < 1.29 is 19.2 Å². The first-order valence-corrected chi connectivity index (χ1v) is 12.4. The van der Waals surface area contributed by atoms with E-state index in [-0.39, 0.29) is 17.6 Å². The predicted molar refractivity (Wildman–Crippen MR) is 140 cm³/mol. The van der Waals surface area contributed by atoms with Crippen molar-refractivity contribution in [2.45, 2.75) is 13.0 Å². The van der Waals surface area contributed by atoms with E-state index >= 15 is 0 Å². The van der Waals surface area contributed by atoms with Crippen LogP contribution in [0.15, 0.2) is 66.9 Å². The fourth-order valence-corrected chi connectivity index (χ4v) is 4.77. The van der Waals surface area contributed by atoms with Crippen LogP contribution in [0.5, 0.6) is 11.5 Å². The molecule has 0 radical (unpaired) electrons. The van der Waals surface area contributed by atoms with E-state index in [1.165, 1.54) is 24.3 Å². The summed E-state index contributed by atoms with van der Waals surface area (Å²) in [4.78, 5) is 34.8. The quantitative estimate of drug-likeness (QED) is 0.356. The lowest BCUT2D eigenvalue weighted by Gasteiger charge is -2.41. The van der Waals surface area contributed by atoms with Gasteiger partial charge in [0.25, 0.3) is 11.6 Å². The van der Waals surface area contributed by atoms with E-state index in [2.05, 4.69) is 27.8 Å². The standard InChI is InChI=1S/C27H29N5O5/c1-20(29-13-15-30(16-14-29)23-5-4-6-24-26(23)37-18-17-36-24)19-31(25-7-2-3-12-28-25)27(33)21-8-10-22(11-9-21)32(34)35/h2-12,20H,13-19H2,1H3/t20-/m0/s1. The Balaban J connectivity index is 1.28. The lowest BCUT2D eigenvalue weighted by atomic mass is 10.1. The highest BCUT2D eigenvalue weighted by atomic mass is 16.6. The van der Waals surface area contributed by atoms with Crippen LogP contribution in [0.1, 0.15) is 17.3 Å². The lowest BCUT2D eigenvalue weighted by Crippen LogP contribution is -2.53. The molecular formula is C27H29N5O5. The summed E-state index contributed by atoms with van der Waals surface area (Å²) in [5.74, 6) is 1.90. The van der Waals surface area contributed by atoms with Gasteiger partial charge in [-0.25, -0.2) is 4.98 Å². The second-order valence-corrected chi connectivity index (χ2v) is 9.08. The number of benzene rings is 2. The number of hydrogen-bond donors (Lipinski definition) is 0. The summed E-state index contributed by atoms with van der Waals surface area (Å²) in [6.45, 7) is 6.95. The van der Waals surface area contributed by atoms with Crippen molar-refractivity contribution in [3.63, 3.8) is 0 Å². The number of anilines is 2. The van der Waals surface area contributed by atoms with E-state index in [4.69, 9.17) is 9.47 Å². The number of fused-ring (bicyclic) bond motifs is 1. The molecule has 0 bridgehead atoms. The number of pyridine rings is 1. The van der Waals surface area contributed by atoms with Gasteiger partial charge in [0.2, 0.25) is 0 Å². The molecule has 0 spiro atoms. The Kier molecular flexibility index (Phi) is 7.18. The maximum Gasteiger partial charge on any atom is 0.269 e. The number of nitro benzene ring substituents is 1. The smallest absolute Gasteiger partial charge is 0.269 e. The summed E-state index contributed by atoms with van der Waals surface area (Å²) >= 11 is 0. The van der Waals surface area contributed by atoms with Gasteiger partial charge < -0.3 is 14.4 Å². The van der Waals surface area contributed by atoms with Gasteiger partial charge in [-0.2, -0.15) is 0 Å². The van der Waals surface area contributed by atoms with Crippen LogP contribution >= 0.6 is 0 Å². The first kappa shape index (κ1) is 24.5. The third kappa shape index (κ3) is 5.34. The van der Waals surface area contributed by atoms with E-state index < -0.39 is 4.92 Å². The van der Waals surface area contributed by atoms with Crippen molar-refractivity contribution >= 4 is 23.1 Å². The maximum atomic E-state index is 13.5. The fraction of sp³-hybridized carbons (Fsp3) is 0.333. The Labute approximate surface area is 215 Å². The van der Waals surface area contributed by atoms with Crippen molar-refractivity contribution in [2.24, 2.45) is 0 Å². The number of nitrogens with zero attached hydrogens (tertiary/aromatic N) is 5. The Morgan fingerprint density at radius 2 is 1.78 bits per heavy atom. The van der Waals surface area contributed by atoms with E-state index in [1.807, 2.05) is 18.2 Å². The Morgan fingerprint density at radius 1 is 1.03 bits per heavy atom. The number of rotatable bonds is 7. The molecule has 0 N–H and O–H groups in total. The zero-order valence-corrected chi connectivity index (χ0v) is 20.7. The molecule has 192 valence electrons. The zero-order valence-electron chi connectivity index (χ0n) is 20.7. The van der Waals surface area contributed by atoms with Crippen LogP contribution in [0.4, 0.5) is 17.2 Å². The van der Waals surface area contributed by atoms with Crippen LogP contribution in [0, 0.1) is 10.1 Å². The molecule has 0 aliphatic carbocycles. The van der Waals surface area contributed by atoms with Crippen LogP contribution in [0.3, 0.4) is 0 Å². The third-order valence-corrected chi connectivity index (χ3v) is 6.77. The number of carbonyl (C=O) groups is 1. The van der Waals surface area contributed by atoms with Gasteiger partial charge in [0.15, 0.2) is 11.5 Å². The highest BCUT2D eigenvalue weighted by Crippen LogP contribution is 2.39. The highest BCUT2D eigenvalue weighted by Gasteiger charge is 2.28. The summed E-state index contributed by atoms with van der Waals surface area (Å²) in [6, 6.07) is 17.2. The number of non-ortho nitro benzene ring substituents is 1. The minimum absolute atomic E-state index is 0.0520. The first-order chi connectivity index (χ1) is 18.0. The van der Waals surface area contributed by atoms with Gasteiger partial charge in [-0.3, -0.25) is 24.7 Å². The van der Waals surface area contributed by atoms with Crippen molar-refractivity contribution in [1.82, 2.24) is 9.88 Å². The molecule has 5 rings (SSSR count). The number of piperazine rings is 1. The highest BCUT2D eigenvalue weighted by molar-refractivity contribution is 6.05. The summed E-state index contributed by atoms with van der Waals surface area (Å²) in [7, 11) is 0. The normalized spacial score (nSPS) is 16.2. The Hall–Kier alpha value is -4.18. The largest absolute Gasteiger partial charge is 0.486 e. The summed E-state index contributed by atoms with van der Waals surface area (Å²) in [6.07, 6.45) is 1.65. The summed E-state index contributed by atoms with van der Waals surface area (Å²) < 4.78 is 11.6. The summed E-state index contributed by atoms with van der Waals surface area (Å²) in [5, 5.41) is 11.0. The van der Waals surface area contributed by atoms with Gasteiger partial charge in [0.1, 0.15) is 19.0 Å². The number of nitro groups is 1. The Morgan fingerprint density at radius 3 is 2.49 bits per heavy atom. The average molecular weight is 504 g/mol. The zero-order chi connectivity index (χ0) is 25.8. The number of carbonyl (C=O) groups excluding carboxylic acids is 1. The summed E-state index contributed by atoms with van der Waals surface area (Å²) in [5.41, 5.74) is 1.38. The number of para-hydroxylation sites is 1. The van der Waals surface area contributed by atoms with E-state index in [0.29, 0.717) is 31.1 Å². The third-order valence-electron chi connectivity index (χ3n) is 6.77. The molecule has 2 aromatic carbocycles. The topological polar surface area (TPSA) is 101 Å². The van der Waals surface area contributed by atoms with Crippen LogP contribution in [0.25, 0.3) is 0 Å². The molecule has 1 saturated heterocycles. The van der Waals surface area contributed by atoms with Crippen molar-refractivity contribution in [2.75, 3.05) is 55.7 Å². The molecule has 2 aliphatic rings. The van der Waals surface area contributed by atoms with Gasteiger partial charge in [-0.1, -0.05) is 12.1 Å². The second kappa shape index (κ2) is 10.8. The van der Waals surface area contributed by atoms with Gasteiger partial charge in [-0.15, -0.1) is 0 Å². The van der Waals surface area contributed by atoms with Crippen molar-refractivity contribution in [3.8, 4) is 11.5 Å². The monoisotopic (exact) mass is 503 g/mol. The molecule has 10 nitrogen and oxygen atoms in total. The molecule has 0 unspecified atom stereocenters. The number of ether oxygens (including phenoxy) is 2. The molecule has 0 saturated carbocycles. The lowest BCUT2D eigenvalue weighted by molar-refractivity contribution is -0.384. The minimum atomic E-state index is -0.475. The molecular weight excluding hydrogens is 474 g/mol. The van der Waals surface area contributed by atoms with E-state index in [1.54, 1.807) is 23.2 Å². The molecule has 1 atom stereocenters. The molecule has 2 aliphatic heterocycles. The van der Waals surface area contributed by atoms with Gasteiger partial charge >= 0.3 is 0 Å². The molecule has 1 amide bonds. The van der Waals surface area contributed by atoms with Crippen LogP contribution in [-0.4, -0.2) is 72.7 Å². The second-order valence-electron chi connectivity index (χ2n) is 9.08. The van der Waals surface area contributed by atoms with Crippen LogP contribution in [0.2, 0.25) is 0 Å². The minimum Gasteiger partial charge on any atom is -0.486 e. The molecule has 1 fully saturated rings. The molecule has 1 aromatic heterocycles. The Bertz CT molecular complexity index is 1250. The molecule has 10 heteroatoms. The predicted octanol–water partition coefficient (Wildman–Crippen LogP) is 3.62. The van der Waals surface area contributed by atoms with Crippen LogP contribution < -0.4 is 19.3 Å². The van der Waals surface area contributed by atoms with Gasteiger partial charge in [0.05, 0.1) is 10.6 Å². The first-order valence-electron chi connectivity index (χ1n) is 12.4. The van der Waals surface area contributed by atoms with E-state index in [9.17, 15) is 14.9 Å². The van der Waals surface area contributed by atoms with Crippen LogP contribution in [-0.2, 0) is 0 Å². The molecule has 3 heterocycles. The SMILES string of the molecule is C[C@@H](CN(C(=O)c1ccc([N+](=O)[O-])cc1)c1ccccn1)N1CCN(c2cccc3c2OCCO3)CC1. The van der Waals surface area contributed by atoms with Crippen molar-refractivity contribution in [1.29, 1.82) is 0 Å². The number of hydrogen-bond acceptors (Lipinski definition) is 8. The number of amides is 1. The molecule has 37 heavy (non-hydrogen) atoms. The average Bonchev–Trinajstić information content (AvgIpc) is 2.95. The van der Waals surface area contributed by atoms with Gasteiger partial charge in [0, 0.05) is 62.7 Å².